The number of ketones is 1. The van der Waals surface area contributed by atoms with Crippen molar-refractivity contribution in [2.75, 3.05) is 11.5 Å². The second kappa shape index (κ2) is 5.70. The summed E-state index contributed by atoms with van der Waals surface area (Å²) in [6.45, 7) is 3.86. The van der Waals surface area contributed by atoms with Crippen molar-refractivity contribution >= 4 is 23.5 Å². The maximum atomic E-state index is 11.8. The van der Waals surface area contributed by atoms with Crippen molar-refractivity contribution in [1.29, 1.82) is 0 Å². The molecule has 0 saturated carbocycles. The van der Waals surface area contributed by atoms with Crippen molar-refractivity contribution in [3.8, 4) is 0 Å². The topological polar surface area (TPSA) is 54.4 Å². The van der Waals surface area contributed by atoms with Crippen molar-refractivity contribution < 1.29 is 14.7 Å². The maximum absolute atomic E-state index is 11.8. The number of hydrogen-bond acceptors (Lipinski definition) is 3. The van der Waals surface area contributed by atoms with Crippen LogP contribution in [0.2, 0.25) is 0 Å². The number of thioether (sulfide) groups is 1. The summed E-state index contributed by atoms with van der Waals surface area (Å²) in [5.74, 6) is -0.709. The predicted octanol–water partition coefficient (Wildman–Crippen LogP) is 2.30. The zero-order valence-corrected chi connectivity index (χ0v) is 10.1. The van der Waals surface area contributed by atoms with Crippen LogP contribution in [-0.4, -0.2) is 28.4 Å². The molecule has 0 aliphatic carbocycles. The molecule has 0 atom stereocenters. The molecule has 0 heterocycles. The van der Waals surface area contributed by atoms with Crippen molar-refractivity contribution in [2.45, 2.75) is 13.8 Å². The predicted molar refractivity (Wildman–Crippen MR) is 65.2 cm³/mol. The SMILES string of the molecule is Cc1cccc(C(=O)CSCC(=O)O)c1C. The van der Waals surface area contributed by atoms with E-state index in [1.165, 1.54) is 0 Å². The van der Waals surface area contributed by atoms with Crippen LogP contribution in [0.15, 0.2) is 18.2 Å². The van der Waals surface area contributed by atoms with E-state index in [1.54, 1.807) is 6.07 Å². The molecule has 0 amide bonds. The fraction of sp³-hybridized carbons (Fsp3) is 0.333. The van der Waals surface area contributed by atoms with Gasteiger partial charge in [0.25, 0.3) is 0 Å². The Hall–Kier alpha value is -1.29. The molecule has 0 radical (unpaired) electrons. The number of carboxylic acid groups (broad SMARTS) is 1. The number of aliphatic carboxylic acids is 1. The average Bonchev–Trinajstić information content (AvgIpc) is 2.21. The number of rotatable bonds is 5. The van der Waals surface area contributed by atoms with E-state index in [2.05, 4.69) is 0 Å². The largest absolute Gasteiger partial charge is 0.481 e. The Morgan fingerprint density at radius 2 is 1.94 bits per heavy atom. The van der Waals surface area contributed by atoms with E-state index in [9.17, 15) is 9.59 Å². The molecule has 0 fully saturated rings. The minimum Gasteiger partial charge on any atom is -0.481 e. The zero-order valence-electron chi connectivity index (χ0n) is 9.32. The standard InChI is InChI=1S/C12H14O3S/c1-8-4-3-5-10(9(8)2)11(13)6-16-7-12(14)15/h3-5H,6-7H2,1-2H3,(H,14,15). The van der Waals surface area contributed by atoms with Gasteiger partial charge in [-0.05, 0) is 25.0 Å². The summed E-state index contributed by atoms with van der Waals surface area (Å²) in [5, 5.41) is 8.46. The molecule has 3 nitrogen and oxygen atoms in total. The highest BCUT2D eigenvalue weighted by Crippen LogP contribution is 2.15. The number of aryl methyl sites for hydroxylation is 1. The molecule has 0 aromatic heterocycles. The molecule has 1 aromatic carbocycles. The Labute approximate surface area is 98.9 Å². The lowest BCUT2D eigenvalue weighted by Gasteiger charge is -2.06. The Kier molecular flexibility index (Phi) is 4.55. The van der Waals surface area contributed by atoms with Crippen LogP contribution in [0.1, 0.15) is 21.5 Å². The second-order valence-corrected chi connectivity index (χ2v) is 4.54. The first-order valence-electron chi connectivity index (χ1n) is 4.91. The number of hydrogen-bond donors (Lipinski definition) is 1. The van der Waals surface area contributed by atoms with E-state index in [1.807, 2.05) is 26.0 Å². The smallest absolute Gasteiger partial charge is 0.313 e. The molecular formula is C12H14O3S. The lowest BCUT2D eigenvalue weighted by Crippen LogP contribution is -2.08. The summed E-state index contributed by atoms with van der Waals surface area (Å²) < 4.78 is 0. The van der Waals surface area contributed by atoms with Crippen LogP contribution in [0.3, 0.4) is 0 Å². The van der Waals surface area contributed by atoms with Crippen molar-refractivity contribution in [3.05, 3.63) is 34.9 Å². The van der Waals surface area contributed by atoms with Gasteiger partial charge in [0.05, 0.1) is 11.5 Å². The van der Waals surface area contributed by atoms with Crippen molar-refractivity contribution in [3.63, 3.8) is 0 Å². The molecule has 16 heavy (non-hydrogen) atoms. The minimum atomic E-state index is -0.890. The number of carbonyl (C=O) groups excluding carboxylic acids is 1. The molecule has 0 bridgehead atoms. The monoisotopic (exact) mass is 238 g/mol. The molecule has 0 unspecified atom stereocenters. The molecule has 4 heteroatoms. The van der Waals surface area contributed by atoms with Gasteiger partial charge in [0.1, 0.15) is 0 Å². The van der Waals surface area contributed by atoms with Crippen molar-refractivity contribution in [2.24, 2.45) is 0 Å². The van der Waals surface area contributed by atoms with Gasteiger partial charge in [0.2, 0.25) is 0 Å². The average molecular weight is 238 g/mol. The third-order valence-electron chi connectivity index (χ3n) is 2.36. The van der Waals surface area contributed by atoms with E-state index >= 15 is 0 Å². The van der Waals surface area contributed by atoms with Gasteiger partial charge >= 0.3 is 5.97 Å². The van der Waals surface area contributed by atoms with Gasteiger partial charge < -0.3 is 5.11 Å². The summed E-state index contributed by atoms with van der Waals surface area (Å²) in [5.41, 5.74) is 2.75. The Morgan fingerprint density at radius 3 is 2.56 bits per heavy atom. The van der Waals surface area contributed by atoms with E-state index in [0.29, 0.717) is 5.56 Å². The van der Waals surface area contributed by atoms with E-state index < -0.39 is 5.97 Å². The molecule has 0 spiro atoms. The Balaban J connectivity index is 2.66. The summed E-state index contributed by atoms with van der Waals surface area (Å²) in [4.78, 5) is 22.1. The number of carbonyl (C=O) groups is 2. The molecule has 0 aliphatic heterocycles. The van der Waals surface area contributed by atoms with E-state index in [0.717, 1.165) is 22.9 Å². The molecule has 1 rings (SSSR count). The van der Waals surface area contributed by atoms with Crippen LogP contribution in [0.5, 0.6) is 0 Å². The lowest BCUT2D eigenvalue weighted by molar-refractivity contribution is -0.133. The zero-order chi connectivity index (χ0) is 12.1. The first-order valence-corrected chi connectivity index (χ1v) is 6.07. The minimum absolute atomic E-state index is 0.00699. The van der Waals surface area contributed by atoms with Crippen LogP contribution >= 0.6 is 11.8 Å². The second-order valence-electron chi connectivity index (χ2n) is 3.56. The molecular weight excluding hydrogens is 224 g/mol. The quantitative estimate of drug-likeness (QED) is 0.800. The van der Waals surface area contributed by atoms with E-state index in [4.69, 9.17) is 5.11 Å². The Morgan fingerprint density at radius 1 is 1.25 bits per heavy atom. The Bertz CT molecular complexity index is 413. The summed E-state index contributed by atoms with van der Waals surface area (Å²) in [6, 6.07) is 5.58. The van der Waals surface area contributed by atoms with Gasteiger partial charge in [-0.1, -0.05) is 18.2 Å². The van der Waals surface area contributed by atoms with Crippen LogP contribution in [-0.2, 0) is 4.79 Å². The van der Waals surface area contributed by atoms with Gasteiger partial charge in [-0.3, -0.25) is 9.59 Å². The number of carboxylic acids is 1. The number of benzene rings is 1. The van der Waals surface area contributed by atoms with Gasteiger partial charge in [-0.15, -0.1) is 11.8 Å². The molecule has 0 aliphatic rings. The normalized spacial score (nSPS) is 10.1. The first kappa shape index (κ1) is 12.8. The highest BCUT2D eigenvalue weighted by Gasteiger charge is 2.10. The van der Waals surface area contributed by atoms with Crippen molar-refractivity contribution in [1.82, 2.24) is 0 Å². The first-order chi connectivity index (χ1) is 7.52. The lowest BCUT2D eigenvalue weighted by atomic mass is 10.0. The fourth-order valence-electron chi connectivity index (χ4n) is 1.36. The van der Waals surface area contributed by atoms with Crippen LogP contribution in [0.25, 0.3) is 0 Å². The molecule has 1 N–H and O–H groups in total. The summed E-state index contributed by atoms with van der Waals surface area (Å²) in [7, 11) is 0. The summed E-state index contributed by atoms with van der Waals surface area (Å²) in [6.07, 6.45) is 0. The molecule has 0 saturated heterocycles. The summed E-state index contributed by atoms with van der Waals surface area (Å²) >= 11 is 1.13. The third-order valence-corrected chi connectivity index (χ3v) is 3.28. The van der Waals surface area contributed by atoms with Crippen LogP contribution < -0.4 is 0 Å². The van der Waals surface area contributed by atoms with Crippen LogP contribution in [0, 0.1) is 13.8 Å². The highest BCUT2D eigenvalue weighted by molar-refractivity contribution is 8.00. The molecule has 1 aromatic rings. The number of Topliss-reactive ketones (excluding diaryl/α,β-unsaturated/α-hetero) is 1. The third kappa shape index (κ3) is 3.38. The van der Waals surface area contributed by atoms with Gasteiger partial charge in [0.15, 0.2) is 5.78 Å². The highest BCUT2D eigenvalue weighted by atomic mass is 32.2. The van der Waals surface area contributed by atoms with Gasteiger partial charge in [-0.25, -0.2) is 0 Å². The maximum Gasteiger partial charge on any atom is 0.313 e. The van der Waals surface area contributed by atoms with E-state index in [-0.39, 0.29) is 17.3 Å². The van der Waals surface area contributed by atoms with Gasteiger partial charge in [-0.2, -0.15) is 0 Å². The fourth-order valence-corrected chi connectivity index (χ4v) is 1.98. The molecule has 86 valence electrons. The van der Waals surface area contributed by atoms with Crippen LogP contribution in [0.4, 0.5) is 0 Å². The van der Waals surface area contributed by atoms with Gasteiger partial charge in [0, 0.05) is 5.56 Å².